The fourth-order valence-corrected chi connectivity index (χ4v) is 1.07. The van der Waals surface area contributed by atoms with Gasteiger partial charge in [-0.15, -0.1) is 0 Å². The normalized spacial score (nSPS) is 9.56. The number of rotatable bonds is 6. The van der Waals surface area contributed by atoms with Crippen LogP contribution in [-0.2, 0) is 0 Å². The molecule has 0 spiro atoms. The van der Waals surface area contributed by atoms with Crippen LogP contribution in [0, 0.1) is 10.1 Å². The number of ether oxygens (including phenoxy) is 1. The van der Waals surface area contributed by atoms with Crippen LogP contribution in [0.1, 0.15) is 6.92 Å². The molecule has 1 rings (SSSR count). The third-order valence-corrected chi connectivity index (χ3v) is 1.65. The average molecular weight is 224 g/mol. The maximum Gasteiger partial charge on any atom is 0.372 e. The third-order valence-electron chi connectivity index (χ3n) is 1.65. The van der Waals surface area contributed by atoms with Crippen LogP contribution in [0.15, 0.2) is 19.0 Å². The molecule has 0 unspecified atom stereocenters. The van der Waals surface area contributed by atoms with Crippen LogP contribution in [0.3, 0.4) is 0 Å². The number of hydrogen-bond acceptors (Lipinski definition) is 6. The molecule has 7 nitrogen and oxygen atoms in total. The van der Waals surface area contributed by atoms with Gasteiger partial charge in [0.05, 0.1) is 4.92 Å². The minimum absolute atomic E-state index is 0.0594. The predicted molar refractivity (Wildman–Crippen MR) is 58.5 cm³/mol. The molecule has 0 aliphatic rings. The lowest BCUT2D eigenvalue weighted by Gasteiger charge is -2.06. The van der Waals surface area contributed by atoms with Crippen molar-refractivity contribution < 1.29 is 9.66 Å². The van der Waals surface area contributed by atoms with Crippen molar-refractivity contribution >= 4 is 11.5 Å². The van der Waals surface area contributed by atoms with E-state index in [1.165, 1.54) is 12.4 Å². The van der Waals surface area contributed by atoms with Crippen molar-refractivity contribution in [3.8, 4) is 5.88 Å². The third kappa shape index (κ3) is 2.66. The van der Waals surface area contributed by atoms with Crippen LogP contribution >= 0.6 is 0 Å². The van der Waals surface area contributed by atoms with Crippen LogP contribution in [0.25, 0.3) is 0 Å². The second kappa shape index (κ2) is 5.64. The van der Waals surface area contributed by atoms with Crippen molar-refractivity contribution in [3.63, 3.8) is 0 Å². The molecule has 1 aromatic rings. The van der Waals surface area contributed by atoms with Crippen LogP contribution in [0.4, 0.5) is 11.5 Å². The lowest BCUT2D eigenvalue weighted by Crippen LogP contribution is -2.07. The highest BCUT2D eigenvalue weighted by molar-refractivity contribution is 5.60. The molecule has 0 aliphatic carbocycles. The van der Waals surface area contributed by atoms with Gasteiger partial charge in [0.25, 0.3) is 5.88 Å². The molecule has 0 aromatic carbocycles. The molecular formula is C9H12N4O3. The number of aromatic nitrogens is 2. The maximum atomic E-state index is 10.9. The molecule has 1 heterocycles. The summed E-state index contributed by atoms with van der Waals surface area (Å²) in [6.45, 7) is 5.95. The molecule has 7 heteroatoms. The summed E-state index contributed by atoms with van der Waals surface area (Å²) in [7, 11) is 0. The Morgan fingerprint density at radius 3 is 3.00 bits per heavy atom. The van der Waals surface area contributed by atoms with Gasteiger partial charge in [-0.05, 0) is 6.92 Å². The SMILES string of the molecule is C=CCOc1ncnc(NCC)c1[N+](=O)[O-]. The van der Waals surface area contributed by atoms with Gasteiger partial charge in [-0.3, -0.25) is 10.1 Å². The quantitative estimate of drug-likeness (QED) is 0.446. The van der Waals surface area contributed by atoms with Crippen molar-refractivity contribution in [1.82, 2.24) is 9.97 Å². The van der Waals surface area contributed by atoms with Crippen molar-refractivity contribution in [3.05, 3.63) is 29.1 Å². The summed E-state index contributed by atoms with van der Waals surface area (Å²) in [5, 5.41) is 13.6. The zero-order chi connectivity index (χ0) is 12.0. The van der Waals surface area contributed by atoms with E-state index in [1.807, 2.05) is 6.92 Å². The van der Waals surface area contributed by atoms with Crippen LogP contribution in [0.2, 0.25) is 0 Å². The number of nitrogens with one attached hydrogen (secondary N) is 1. The molecule has 0 amide bonds. The molecule has 0 atom stereocenters. The van der Waals surface area contributed by atoms with Crippen LogP contribution < -0.4 is 10.1 Å². The molecule has 0 saturated heterocycles. The van der Waals surface area contributed by atoms with Gasteiger partial charge in [0.1, 0.15) is 12.9 Å². The van der Waals surface area contributed by atoms with Gasteiger partial charge in [0.15, 0.2) is 0 Å². The number of nitro groups is 1. The molecule has 0 fully saturated rings. The molecule has 0 radical (unpaired) electrons. The maximum absolute atomic E-state index is 10.9. The summed E-state index contributed by atoms with van der Waals surface area (Å²) in [6, 6.07) is 0. The first kappa shape index (κ1) is 11.9. The summed E-state index contributed by atoms with van der Waals surface area (Å²) in [4.78, 5) is 17.8. The summed E-state index contributed by atoms with van der Waals surface area (Å²) in [5.41, 5.74) is -0.258. The Kier molecular flexibility index (Phi) is 4.19. The zero-order valence-electron chi connectivity index (χ0n) is 8.84. The van der Waals surface area contributed by atoms with E-state index in [-0.39, 0.29) is 24.0 Å². The van der Waals surface area contributed by atoms with E-state index in [2.05, 4.69) is 21.9 Å². The second-order valence-electron chi connectivity index (χ2n) is 2.76. The van der Waals surface area contributed by atoms with Crippen molar-refractivity contribution in [2.24, 2.45) is 0 Å². The van der Waals surface area contributed by atoms with E-state index in [9.17, 15) is 10.1 Å². The van der Waals surface area contributed by atoms with E-state index in [1.54, 1.807) is 0 Å². The molecule has 0 aliphatic heterocycles. The Morgan fingerprint density at radius 1 is 1.69 bits per heavy atom. The first-order valence-electron chi connectivity index (χ1n) is 4.67. The molecule has 0 bridgehead atoms. The smallest absolute Gasteiger partial charge is 0.372 e. The Hall–Kier alpha value is -2.18. The summed E-state index contributed by atoms with van der Waals surface area (Å²) in [5.74, 6) is 0.0948. The second-order valence-corrected chi connectivity index (χ2v) is 2.76. The highest BCUT2D eigenvalue weighted by atomic mass is 16.6. The van der Waals surface area contributed by atoms with Gasteiger partial charge in [0.2, 0.25) is 5.82 Å². The lowest BCUT2D eigenvalue weighted by atomic mass is 10.4. The number of nitrogens with zero attached hydrogens (tertiary/aromatic N) is 3. The van der Waals surface area contributed by atoms with E-state index < -0.39 is 4.92 Å². The van der Waals surface area contributed by atoms with Crippen LogP contribution in [0.5, 0.6) is 5.88 Å². The molecule has 86 valence electrons. The van der Waals surface area contributed by atoms with Gasteiger partial charge in [-0.25, -0.2) is 4.98 Å². The number of hydrogen-bond donors (Lipinski definition) is 1. The summed E-state index contributed by atoms with van der Waals surface area (Å²) < 4.78 is 5.08. The standard InChI is InChI=1S/C9H12N4O3/c1-3-5-16-9-7(13(14)15)8(10-4-2)11-6-12-9/h3,6H,1,4-5H2,2H3,(H,10,11,12). The first-order chi connectivity index (χ1) is 7.70. The minimum Gasteiger partial charge on any atom is -0.468 e. The highest BCUT2D eigenvalue weighted by Crippen LogP contribution is 2.30. The summed E-state index contributed by atoms with van der Waals surface area (Å²) in [6.07, 6.45) is 2.70. The largest absolute Gasteiger partial charge is 0.468 e. The van der Waals surface area contributed by atoms with E-state index in [0.717, 1.165) is 0 Å². The lowest BCUT2D eigenvalue weighted by molar-refractivity contribution is -0.385. The summed E-state index contributed by atoms with van der Waals surface area (Å²) >= 11 is 0. The fraction of sp³-hybridized carbons (Fsp3) is 0.333. The molecule has 16 heavy (non-hydrogen) atoms. The van der Waals surface area contributed by atoms with Crippen molar-refractivity contribution in [2.75, 3.05) is 18.5 Å². The number of anilines is 1. The van der Waals surface area contributed by atoms with Crippen molar-refractivity contribution in [2.45, 2.75) is 6.92 Å². The monoisotopic (exact) mass is 224 g/mol. The van der Waals surface area contributed by atoms with Gasteiger partial charge in [0, 0.05) is 6.54 Å². The van der Waals surface area contributed by atoms with E-state index >= 15 is 0 Å². The highest BCUT2D eigenvalue weighted by Gasteiger charge is 2.23. The predicted octanol–water partition coefficient (Wildman–Crippen LogP) is 1.38. The van der Waals surface area contributed by atoms with Crippen LogP contribution in [-0.4, -0.2) is 28.0 Å². The Balaban J connectivity index is 3.10. The molecule has 0 saturated carbocycles. The van der Waals surface area contributed by atoms with E-state index in [0.29, 0.717) is 6.54 Å². The molecule has 1 aromatic heterocycles. The average Bonchev–Trinajstić information content (AvgIpc) is 2.26. The van der Waals surface area contributed by atoms with Gasteiger partial charge >= 0.3 is 5.69 Å². The van der Waals surface area contributed by atoms with Gasteiger partial charge < -0.3 is 10.1 Å². The van der Waals surface area contributed by atoms with E-state index in [4.69, 9.17) is 4.74 Å². The Labute approximate surface area is 92.3 Å². The minimum atomic E-state index is -0.573. The molecular weight excluding hydrogens is 212 g/mol. The first-order valence-corrected chi connectivity index (χ1v) is 4.67. The Bertz CT molecular complexity index is 394. The molecule has 1 N–H and O–H groups in total. The van der Waals surface area contributed by atoms with Gasteiger partial charge in [-0.2, -0.15) is 4.98 Å². The topological polar surface area (TPSA) is 90.2 Å². The fourth-order valence-electron chi connectivity index (χ4n) is 1.07. The van der Waals surface area contributed by atoms with Gasteiger partial charge in [-0.1, -0.05) is 12.7 Å². The zero-order valence-corrected chi connectivity index (χ0v) is 8.84. The Morgan fingerprint density at radius 2 is 2.44 bits per heavy atom. The van der Waals surface area contributed by atoms with Crippen molar-refractivity contribution in [1.29, 1.82) is 0 Å².